The molecular formula is C21H23FN4O3. The first kappa shape index (κ1) is 19.2. The standard InChI is InChI=1S/C21H23FN4O3/c1-13(20(28)24-17-5-2-4-16(22)9-17)23-21(29)25-10-14-8-15(12-25)18-6-3-7-19(27)26(18)11-14/h2-7,9,13-15H,8,10-12H2,1H3,(H,23,29)(H,24,28)/t13-,14?,15?/m0/s1. The van der Waals surface area contributed by atoms with Gasteiger partial charge < -0.3 is 20.1 Å². The summed E-state index contributed by atoms with van der Waals surface area (Å²) in [5.74, 6) is -0.543. The summed E-state index contributed by atoms with van der Waals surface area (Å²) in [6.45, 7) is 3.24. The highest BCUT2D eigenvalue weighted by Gasteiger charge is 2.36. The third-order valence-electron chi connectivity index (χ3n) is 5.59. The van der Waals surface area contributed by atoms with Gasteiger partial charge in [0.25, 0.3) is 5.56 Å². The minimum atomic E-state index is -0.776. The molecule has 2 unspecified atom stereocenters. The van der Waals surface area contributed by atoms with Gasteiger partial charge in [-0.25, -0.2) is 9.18 Å². The highest BCUT2D eigenvalue weighted by molar-refractivity contribution is 5.96. The van der Waals surface area contributed by atoms with E-state index in [1.54, 1.807) is 30.0 Å². The molecular weight excluding hydrogens is 375 g/mol. The summed E-state index contributed by atoms with van der Waals surface area (Å²) in [6.07, 6.45) is 0.947. The largest absolute Gasteiger partial charge is 0.326 e. The molecule has 0 saturated carbocycles. The molecule has 2 N–H and O–H groups in total. The van der Waals surface area contributed by atoms with E-state index in [9.17, 15) is 18.8 Å². The number of amides is 3. The number of aromatic nitrogens is 1. The molecule has 3 amide bonds. The van der Waals surface area contributed by atoms with Gasteiger partial charge >= 0.3 is 6.03 Å². The van der Waals surface area contributed by atoms with Crippen molar-refractivity contribution >= 4 is 17.6 Å². The summed E-state index contributed by atoms with van der Waals surface area (Å²) in [7, 11) is 0. The molecule has 7 nitrogen and oxygen atoms in total. The molecule has 0 spiro atoms. The number of carbonyl (C=O) groups is 2. The van der Waals surface area contributed by atoms with Gasteiger partial charge in [-0.15, -0.1) is 0 Å². The van der Waals surface area contributed by atoms with Gasteiger partial charge in [-0.05, 0) is 43.5 Å². The lowest BCUT2D eigenvalue weighted by molar-refractivity contribution is -0.117. The Morgan fingerprint density at radius 2 is 1.93 bits per heavy atom. The van der Waals surface area contributed by atoms with Crippen LogP contribution in [0.15, 0.2) is 47.3 Å². The molecule has 2 aliphatic rings. The third-order valence-corrected chi connectivity index (χ3v) is 5.59. The Balaban J connectivity index is 1.39. The van der Waals surface area contributed by atoms with Crippen LogP contribution < -0.4 is 16.2 Å². The SMILES string of the molecule is C[C@H](NC(=O)N1CC2CC(C1)c1cccc(=O)n1C2)C(=O)Nc1cccc(F)c1. The summed E-state index contributed by atoms with van der Waals surface area (Å²) in [5, 5.41) is 5.32. The van der Waals surface area contributed by atoms with Crippen molar-refractivity contribution in [1.82, 2.24) is 14.8 Å². The lowest BCUT2D eigenvalue weighted by Crippen LogP contribution is -2.54. The number of urea groups is 1. The number of anilines is 1. The van der Waals surface area contributed by atoms with Gasteiger partial charge in [0.05, 0.1) is 0 Å². The number of rotatable bonds is 3. The second kappa shape index (κ2) is 7.69. The molecule has 8 heteroatoms. The van der Waals surface area contributed by atoms with Crippen LogP contribution in [0.2, 0.25) is 0 Å². The summed E-state index contributed by atoms with van der Waals surface area (Å²) >= 11 is 0. The van der Waals surface area contributed by atoms with Gasteiger partial charge in [0.1, 0.15) is 11.9 Å². The van der Waals surface area contributed by atoms with Crippen LogP contribution in [0.25, 0.3) is 0 Å². The highest BCUT2D eigenvalue weighted by Crippen LogP contribution is 2.34. The maximum Gasteiger partial charge on any atom is 0.318 e. The van der Waals surface area contributed by atoms with Crippen LogP contribution in [-0.4, -0.2) is 40.5 Å². The molecule has 2 aromatic rings. The van der Waals surface area contributed by atoms with Crippen molar-refractivity contribution < 1.29 is 14.0 Å². The van der Waals surface area contributed by atoms with Crippen LogP contribution in [0.3, 0.4) is 0 Å². The van der Waals surface area contributed by atoms with E-state index in [2.05, 4.69) is 10.6 Å². The fourth-order valence-corrected chi connectivity index (χ4v) is 4.22. The lowest BCUT2D eigenvalue weighted by atomic mass is 9.83. The molecule has 1 fully saturated rings. The first-order chi connectivity index (χ1) is 13.9. The second-order valence-electron chi connectivity index (χ2n) is 7.77. The Bertz CT molecular complexity index is 1010. The first-order valence-corrected chi connectivity index (χ1v) is 9.72. The lowest BCUT2D eigenvalue weighted by Gasteiger charge is -2.42. The molecule has 3 atom stereocenters. The number of likely N-dealkylation sites (tertiary alicyclic amines) is 1. The number of piperidine rings is 1. The molecule has 0 aliphatic carbocycles. The average molecular weight is 398 g/mol. The number of pyridine rings is 1. The van der Waals surface area contributed by atoms with Crippen molar-refractivity contribution in [2.24, 2.45) is 5.92 Å². The number of fused-ring (bicyclic) bond motifs is 4. The molecule has 3 heterocycles. The molecule has 152 valence electrons. The number of carbonyl (C=O) groups excluding carboxylic acids is 2. The average Bonchev–Trinajstić information content (AvgIpc) is 2.68. The quantitative estimate of drug-likeness (QED) is 0.831. The van der Waals surface area contributed by atoms with Crippen molar-refractivity contribution in [3.05, 3.63) is 64.3 Å². The second-order valence-corrected chi connectivity index (χ2v) is 7.77. The van der Waals surface area contributed by atoms with Crippen LogP contribution in [0.4, 0.5) is 14.9 Å². The Morgan fingerprint density at radius 3 is 2.72 bits per heavy atom. The monoisotopic (exact) mass is 398 g/mol. The molecule has 2 bridgehead atoms. The number of benzene rings is 1. The smallest absolute Gasteiger partial charge is 0.318 e. The van der Waals surface area contributed by atoms with E-state index < -0.39 is 17.8 Å². The Morgan fingerprint density at radius 1 is 1.14 bits per heavy atom. The van der Waals surface area contributed by atoms with Crippen LogP contribution in [0.1, 0.15) is 25.0 Å². The van der Waals surface area contributed by atoms with Gasteiger partial charge in [-0.3, -0.25) is 9.59 Å². The third kappa shape index (κ3) is 4.01. The summed E-state index contributed by atoms with van der Waals surface area (Å²) in [4.78, 5) is 38.9. The van der Waals surface area contributed by atoms with Crippen LogP contribution >= 0.6 is 0 Å². The predicted octanol–water partition coefficient (Wildman–Crippen LogP) is 2.14. The van der Waals surface area contributed by atoms with Crippen molar-refractivity contribution in [3.63, 3.8) is 0 Å². The number of nitrogens with one attached hydrogen (secondary N) is 2. The summed E-state index contributed by atoms with van der Waals surface area (Å²) in [5.41, 5.74) is 1.30. The highest BCUT2D eigenvalue weighted by atomic mass is 19.1. The van der Waals surface area contributed by atoms with E-state index in [1.165, 1.54) is 18.2 Å². The van der Waals surface area contributed by atoms with E-state index in [0.29, 0.717) is 25.3 Å². The predicted molar refractivity (Wildman–Crippen MR) is 106 cm³/mol. The van der Waals surface area contributed by atoms with Gasteiger partial charge in [-0.2, -0.15) is 0 Å². The maximum atomic E-state index is 13.3. The van der Waals surface area contributed by atoms with Crippen molar-refractivity contribution in [2.45, 2.75) is 31.8 Å². The molecule has 0 radical (unpaired) electrons. The van der Waals surface area contributed by atoms with E-state index >= 15 is 0 Å². The van der Waals surface area contributed by atoms with Crippen molar-refractivity contribution in [3.8, 4) is 0 Å². The van der Waals surface area contributed by atoms with E-state index in [4.69, 9.17) is 0 Å². The van der Waals surface area contributed by atoms with Gasteiger partial charge in [0, 0.05) is 43.0 Å². The zero-order valence-corrected chi connectivity index (χ0v) is 16.1. The Labute approximate surface area is 167 Å². The fourth-order valence-electron chi connectivity index (χ4n) is 4.22. The number of hydrogen-bond acceptors (Lipinski definition) is 3. The van der Waals surface area contributed by atoms with Crippen LogP contribution in [-0.2, 0) is 11.3 Å². The van der Waals surface area contributed by atoms with Gasteiger partial charge in [0.15, 0.2) is 0 Å². The van der Waals surface area contributed by atoms with Gasteiger partial charge in [0.2, 0.25) is 5.91 Å². The number of nitrogens with zero attached hydrogens (tertiary/aromatic N) is 2. The number of halogens is 1. The molecule has 29 heavy (non-hydrogen) atoms. The molecule has 4 rings (SSSR count). The zero-order valence-electron chi connectivity index (χ0n) is 16.1. The Hall–Kier alpha value is -3.16. The van der Waals surface area contributed by atoms with Crippen LogP contribution in [0, 0.1) is 11.7 Å². The Kier molecular flexibility index (Phi) is 5.08. The van der Waals surface area contributed by atoms with Gasteiger partial charge in [-0.1, -0.05) is 12.1 Å². The van der Waals surface area contributed by atoms with E-state index in [0.717, 1.165) is 12.1 Å². The first-order valence-electron chi connectivity index (χ1n) is 9.72. The number of hydrogen-bond donors (Lipinski definition) is 2. The summed E-state index contributed by atoms with van der Waals surface area (Å²) < 4.78 is 15.1. The van der Waals surface area contributed by atoms with E-state index in [1.807, 2.05) is 10.6 Å². The molecule has 1 aromatic heterocycles. The molecule has 1 saturated heterocycles. The molecule has 1 aromatic carbocycles. The zero-order chi connectivity index (χ0) is 20.5. The maximum absolute atomic E-state index is 13.3. The topological polar surface area (TPSA) is 83.4 Å². The summed E-state index contributed by atoms with van der Waals surface area (Å²) in [6, 6.07) is 9.78. The fraction of sp³-hybridized carbons (Fsp3) is 0.381. The van der Waals surface area contributed by atoms with Crippen LogP contribution in [0.5, 0.6) is 0 Å². The minimum absolute atomic E-state index is 0.00209. The van der Waals surface area contributed by atoms with Crippen molar-refractivity contribution in [2.75, 3.05) is 18.4 Å². The normalized spacial score (nSPS) is 21.1. The minimum Gasteiger partial charge on any atom is -0.326 e. The van der Waals surface area contributed by atoms with E-state index in [-0.39, 0.29) is 23.4 Å². The molecule has 2 aliphatic heterocycles. The van der Waals surface area contributed by atoms with Crippen molar-refractivity contribution in [1.29, 1.82) is 0 Å².